The van der Waals surface area contributed by atoms with Gasteiger partial charge in [0, 0.05) is 19.8 Å². The van der Waals surface area contributed by atoms with Crippen molar-refractivity contribution in [2.75, 3.05) is 0 Å². The molecule has 1 aromatic carbocycles. The molecule has 0 aliphatic heterocycles. The lowest BCUT2D eigenvalue weighted by molar-refractivity contribution is -0.149. The normalized spacial score (nSPS) is 12.9. The molecule has 0 aromatic heterocycles. The summed E-state index contributed by atoms with van der Waals surface area (Å²) in [5, 5.41) is 8.65. The van der Waals surface area contributed by atoms with Gasteiger partial charge in [-0.25, -0.2) is 0 Å². The van der Waals surface area contributed by atoms with Crippen LogP contribution in [0.25, 0.3) is 0 Å². The van der Waals surface area contributed by atoms with Crippen LogP contribution in [-0.2, 0) is 25.7 Å². The lowest BCUT2D eigenvalue weighted by atomic mass is 10.00. The van der Waals surface area contributed by atoms with Gasteiger partial charge in [0.25, 0.3) is 0 Å². The zero-order valence-corrected chi connectivity index (χ0v) is 20.2. The van der Waals surface area contributed by atoms with E-state index in [1.165, 1.54) is 31.7 Å². The van der Waals surface area contributed by atoms with Crippen molar-refractivity contribution in [3.63, 3.8) is 0 Å². The molecule has 0 radical (unpaired) electrons. The molecule has 1 aromatic rings. The molecule has 0 aliphatic rings. The summed E-state index contributed by atoms with van der Waals surface area (Å²) in [6.45, 7) is 4.27. The molecule has 0 amide bonds. The first kappa shape index (κ1) is 28.2. The van der Waals surface area contributed by atoms with Crippen LogP contribution >= 0.6 is 0 Å². The van der Waals surface area contributed by atoms with Gasteiger partial charge >= 0.3 is 11.9 Å². The maximum atomic E-state index is 11.6. The number of hydrogen-bond donors (Lipinski definition) is 1. The molecule has 0 aliphatic carbocycles. The Balaban J connectivity index is 2.32. The fourth-order valence-corrected chi connectivity index (χ4v) is 3.95. The van der Waals surface area contributed by atoms with Crippen molar-refractivity contribution in [2.45, 2.75) is 123 Å². The number of aliphatic carboxylic acids is 1. The predicted molar refractivity (Wildman–Crippen MR) is 129 cm³/mol. The van der Waals surface area contributed by atoms with Crippen molar-refractivity contribution in [1.82, 2.24) is 0 Å². The van der Waals surface area contributed by atoms with Crippen molar-refractivity contribution in [3.05, 3.63) is 35.9 Å². The Morgan fingerprint density at radius 2 is 1.44 bits per heavy atom. The lowest BCUT2D eigenvalue weighted by Gasteiger charge is -2.24. The summed E-state index contributed by atoms with van der Waals surface area (Å²) >= 11 is 0. The maximum Gasteiger partial charge on any atom is 0.303 e. The topological polar surface area (TPSA) is 72.8 Å². The van der Waals surface area contributed by atoms with E-state index in [0.29, 0.717) is 6.61 Å². The van der Waals surface area contributed by atoms with Crippen molar-refractivity contribution >= 4 is 11.9 Å². The summed E-state index contributed by atoms with van der Waals surface area (Å²) in [6, 6.07) is 10.2. The van der Waals surface area contributed by atoms with Crippen molar-refractivity contribution in [3.8, 4) is 0 Å². The number of ether oxygens (including phenoxy) is 2. The fourth-order valence-electron chi connectivity index (χ4n) is 3.95. The van der Waals surface area contributed by atoms with Crippen LogP contribution in [0.2, 0.25) is 0 Å². The number of esters is 1. The average molecular weight is 449 g/mol. The predicted octanol–water partition coefficient (Wildman–Crippen LogP) is 7.07. The molecule has 0 fully saturated rings. The highest BCUT2D eigenvalue weighted by Crippen LogP contribution is 2.20. The van der Waals surface area contributed by atoms with E-state index in [1.807, 2.05) is 18.2 Å². The number of carbonyl (C=O) groups is 2. The highest BCUT2D eigenvalue weighted by Gasteiger charge is 2.19. The minimum Gasteiger partial charge on any atom is -0.481 e. The monoisotopic (exact) mass is 448 g/mol. The molecule has 0 spiro atoms. The summed E-state index contributed by atoms with van der Waals surface area (Å²) in [7, 11) is 0. The number of hydrogen-bond acceptors (Lipinski definition) is 4. The smallest absolute Gasteiger partial charge is 0.303 e. The second kappa shape index (κ2) is 18.7. The molecule has 5 nitrogen and oxygen atoms in total. The van der Waals surface area contributed by atoms with Gasteiger partial charge in [-0.1, -0.05) is 88.6 Å². The van der Waals surface area contributed by atoms with Gasteiger partial charge in [0.1, 0.15) is 6.10 Å². The van der Waals surface area contributed by atoms with E-state index in [0.717, 1.165) is 64.2 Å². The first-order valence-corrected chi connectivity index (χ1v) is 12.6. The summed E-state index contributed by atoms with van der Waals surface area (Å²) in [4.78, 5) is 22.1. The maximum absolute atomic E-state index is 11.6. The Bertz CT molecular complexity index is 601. The SMILES string of the molecule is CCCCC(CC(CCCCCCCCCCC(=O)O)OC(C)=O)OCc1ccccc1. The number of rotatable bonds is 20. The number of benzene rings is 1. The molecule has 2 unspecified atom stereocenters. The van der Waals surface area contributed by atoms with Crippen LogP contribution in [0.5, 0.6) is 0 Å². The third-order valence-electron chi connectivity index (χ3n) is 5.73. The number of unbranched alkanes of at least 4 members (excludes halogenated alkanes) is 8. The highest BCUT2D eigenvalue weighted by molar-refractivity contribution is 5.66. The van der Waals surface area contributed by atoms with Gasteiger partial charge in [0.15, 0.2) is 0 Å². The second-order valence-electron chi connectivity index (χ2n) is 8.79. The number of carbonyl (C=O) groups excluding carboxylic acids is 1. The Labute approximate surface area is 194 Å². The Morgan fingerprint density at radius 1 is 0.844 bits per heavy atom. The van der Waals surface area contributed by atoms with Crippen LogP contribution in [0.4, 0.5) is 0 Å². The molecule has 1 rings (SSSR count). The fraction of sp³-hybridized carbons (Fsp3) is 0.704. The molecular weight excluding hydrogens is 404 g/mol. The zero-order valence-electron chi connectivity index (χ0n) is 20.2. The third-order valence-corrected chi connectivity index (χ3v) is 5.73. The second-order valence-corrected chi connectivity index (χ2v) is 8.79. The van der Waals surface area contributed by atoms with E-state index in [-0.39, 0.29) is 24.6 Å². The van der Waals surface area contributed by atoms with E-state index in [9.17, 15) is 9.59 Å². The van der Waals surface area contributed by atoms with Crippen molar-refractivity contribution in [1.29, 1.82) is 0 Å². The van der Waals surface area contributed by atoms with E-state index in [1.54, 1.807) is 0 Å². The van der Waals surface area contributed by atoms with Gasteiger partial charge in [-0.2, -0.15) is 0 Å². The number of carboxylic acids is 1. The lowest BCUT2D eigenvalue weighted by Crippen LogP contribution is -2.25. The van der Waals surface area contributed by atoms with Gasteiger partial charge in [0.2, 0.25) is 0 Å². The number of carboxylic acid groups (broad SMARTS) is 1. The minimum absolute atomic E-state index is 0.0823. The molecule has 0 bridgehead atoms. The molecule has 182 valence electrons. The Morgan fingerprint density at radius 3 is 2.03 bits per heavy atom. The molecule has 2 atom stereocenters. The quantitative estimate of drug-likeness (QED) is 0.171. The first-order valence-electron chi connectivity index (χ1n) is 12.6. The van der Waals surface area contributed by atoms with Crippen molar-refractivity contribution < 1.29 is 24.2 Å². The first-order chi connectivity index (χ1) is 15.5. The van der Waals surface area contributed by atoms with Gasteiger partial charge < -0.3 is 14.6 Å². The minimum atomic E-state index is -0.699. The van der Waals surface area contributed by atoms with E-state index >= 15 is 0 Å². The molecule has 32 heavy (non-hydrogen) atoms. The summed E-state index contributed by atoms with van der Waals surface area (Å²) in [6.07, 6.45) is 13.8. The molecule has 0 saturated heterocycles. The molecule has 0 heterocycles. The molecular formula is C27H44O5. The third kappa shape index (κ3) is 15.9. The van der Waals surface area contributed by atoms with Gasteiger partial charge in [0.05, 0.1) is 12.7 Å². The van der Waals surface area contributed by atoms with E-state index < -0.39 is 5.97 Å². The van der Waals surface area contributed by atoms with Crippen molar-refractivity contribution in [2.24, 2.45) is 0 Å². The average Bonchev–Trinajstić information content (AvgIpc) is 2.76. The molecule has 5 heteroatoms. The largest absolute Gasteiger partial charge is 0.481 e. The van der Waals surface area contributed by atoms with Crippen LogP contribution in [-0.4, -0.2) is 29.3 Å². The zero-order chi connectivity index (χ0) is 23.4. The van der Waals surface area contributed by atoms with Gasteiger partial charge in [-0.05, 0) is 31.2 Å². The van der Waals surface area contributed by atoms with Crippen LogP contribution < -0.4 is 0 Å². The standard InChI is InChI=1S/C27H44O5/c1-3-4-18-25(31-22-24-16-12-11-13-17-24)21-26(32-23(2)28)19-14-9-7-5-6-8-10-15-20-27(29)30/h11-13,16-17,25-26H,3-10,14-15,18-22H2,1-2H3,(H,29,30). The Hall–Kier alpha value is -1.88. The summed E-state index contributed by atoms with van der Waals surface area (Å²) < 4.78 is 11.9. The van der Waals surface area contributed by atoms with Crippen LogP contribution in [0, 0.1) is 0 Å². The summed E-state index contributed by atoms with van der Waals surface area (Å²) in [5.41, 5.74) is 1.17. The van der Waals surface area contributed by atoms with Crippen LogP contribution in [0.15, 0.2) is 30.3 Å². The summed E-state index contributed by atoms with van der Waals surface area (Å²) in [5.74, 6) is -0.914. The highest BCUT2D eigenvalue weighted by atomic mass is 16.5. The van der Waals surface area contributed by atoms with E-state index in [2.05, 4.69) is 19.1 Å². The molecule has 1 N–H and O–H groups in total. The van der Waals surface area contributed by atoms with Gasteiger partial charge in [-0.3, -0.25) is 9.59 Å². The molecule has 0 saturated carbocycles. The van der Waals surface area contributed by atoms with E-state index in [4.69, 9.17) is 14.6 Å². The van der Waals surface area contributed by atoms with Crippen LogP contribution in [0.1, 0.15) is 109 Å². The van der Waals surface area contributed by atoms with Crippen LogP contribution in [0.3, 0.4) is 0 Å². The Kier molecular flexibility index (Phi) is 16.4. The van der Waals surface area contributed by atoms with Gasteiger partial charge in [-0.15, -0.1) is 0 Å².